The topological polar surface area (TPSA) is 72.8 Å². The fourth-order valence-electron chi connectivity index (χ4n) is 3.32. The minimum absolute atomic E-state index is 0.382. The Kier molecular flexibility index (Phi) is 1.39. The third kappa shape index (κ3) is 0.823. The third-order valence-corrected chi connectivity index (χ3v) is 4.03. The van der Waals surface area contributed by atoms with Crippen molar-refractivity contribution in [2.24, 2.45) is 11.8 Å². The number of ether oxygens (including phenoxy) is 2. The van der Waals surface area contributed by atoms with Crippen molar-refractivity contribution in [1.29, 1.82) is 0 Å². The van der Waals surface area contributed by atoms with Crippen molar-refractivity contribution in [3.8, 4) is 0 Å². The molecule has 3 heterocycles. The van der Waals surface area contributed by atoms with E-state index in [1.54, 1.807) is 13.8 Å². The van der Waals surface area contributed by atoms with Crippen LogP contribution >= 0.6 is 0 Å². The van der Waals surface area contributed by atoms with Crippen LogP contribution in [0.25, 0.3) is 0 Å². The average Bonchev–Trinajstić information content (AvgIpc) is 2.58. The van der Waals surface area contributed by atoms with E-state index in [9.17, 15) is 14.7 Å². The summed E-state index contributed by atoms with van der Waals surface area (Å²) in [6.07, 6.45) is -0.324. The number of hydrogen-bond acceptors (Lipinski definition) is 5. The standard InChI is InChI=1S/C10H12O5/c1-9-3-4(11)10(2,15-9)6-5(9)7(12)14-8(6)13/h4-6,11H,3H2,1-2H3. The molecule has 0 spiro atoms. The van der Waals surface area contributed by atoms with Crippen LogP contribution in [0.15, 0.2) is 0 Å². The van der Waals surface area contributed by atoms with Gasteiger partial charge in [0.05, 0.1) is 11.7 Å². The highest BCUT2D eigenvalue weighted by atomic mass is 16.6. The van der Waals surface area contributed by atoms with Gasteiger partial charge in [0, 0.05) is 6.42 Å². The molecule has 3 aliphatic rings. The van der Waals surface area contributed by atoms with Gasteiger partial charge in [0.1, 0.15) is 17.4 Å². The predicted molar refractivity (Wildman–Crippen MR) is 46.6 cm³/mol. The molecule has 15 heavy (non-hydrogen) atoms. The highest BCUT2D eigenvalue weighted by Gasteiger charge is 2.75. The summed E-state index contributed by atoms with van der Waals surface area (Å²) in [6, 6.07) is 0. The molecule has 0 aromatic heterocycles. The number of cyclic esters (lactones) is 2. The zero-order chi connectivity index (χ0) is 11.0. The molecule has 0 radical (unpaired) electrons. The molecular formula is C10H12O5. The first-order valence-electron chi connectivity index (χ1n) is 5.02. The number of fused-ring (bicyclic) bond motifs is 5. The van der Waals surface area contributed by atoms with Crippen molar-refractivity contribution in [1.82, 2.24) is 0 Å². The van der Waals surface area contributed by atoms with Crippen LogP contribution in [0.2, 0.25) is 0 Å². The van der Waals surface area contributed by atoms with E-state index in [4.69, 9.17) is 4.74 Å². The van der Waals surface area contributed by atoms with Gasteiger partial charge >= 0.3 is 11.9 Å². The van der Waals surface area contributed by atoms with Crippen LogP contribution < -0.4 is 0 Å². The molecule has 5 atom stereocenters. The molecule has 0 aromatic carbocycles. The summed E-state index contributed by atoms with van der Waals surface area (Å²) in [7, 11) is 0. The van der Waals surface area contributed by atoms with E-state index in [1.807, 2.05) is 0 Å². The highest BCUT2D eigenvalue weighted by Crippen LogP contribution is 2.59. The molecule has 0 aromatic rings. The van der Waals surface area contributed by atoms with Gasteiger partial charge in [-0.25, -0.2) is 0 Å². The Hall–Kier alpha value is -0.940. The summed E-state index contributed by atoms with van der Waals surface area (Å²) < 4.78 is 10.3. The lowest BCUT2D eigenvalue weighted by molar-refractivity contribution is -0.162. The molecule has 3 fully saturated rings. The molecule has 5 heteroatoms. The van der Waals surface area contributed by atoms with Crippen LogP contribution in [0.1, 0.15) is 20.3 Å². The number of carbonyl (C=O) groups is 2. The van der Waals surface area contributed by atoms with Crippen molar-refractivity contribution in [2.45, 2.75) is 37.6 Å². The average molecular weight is 212 g/mol. The fourth-order valence-corrected chi connectivity index (χ4v) is 3.32. The highest BCUT2D eigenvalue weighted by molar-refractivity contribution is 5.99. The fraction of sp³-hybridized carbons (Fsp3) is 0.800. The van der Waals surface area contributed by atoms with Crippen LogP contribution in [0.5, 0.6) is 0 Å². The van der Waals surface area contributed by atoms with Crippen LogP contribution in [-0.4, -0.2) is 34.4 Å². The first kappa shape index (κ1) is 9.30. The Morgan fingerprint density at radius 3 is 2.53 bits per heavy atom. The monoisotopic (exact) mass is 212 g/mol. The molecule has 2 bridgehead atoms. The molecule has 0 aliphatic carbocycles. The first-order valence-corrected chi connectivity index (χ1v) is 5.02. The van der Waals surface area contributed by atoms with Gasteiger partial charge in [0.25, 0.3) is 0 Å². The second kappa shape index (κ2) is 2.25. The van der Waals surface area contributed by atoms with E-state index in [0.29, 0.717) is 6.42 Å². The number of aliphatic hydroxyl groups excluding tert-OH is 1. The molecule has 5 unspecified atom stereocenters. The first-order chi connectivity index (χ1) is 6.88. The normalized spacial score (nSPS) is 57.1. The molecular weight excluding hydrogens is 200 g/mol. The Morgan fingerprint density at radius 2 is 1.87 bits per heavy atom. The molecule has 5 nitrogen and oxygen atoms in total. The van der Waals surface area contributed by atoms with E-state index in [0.717, 1.165) is 0 Å². The molecule has 0 saturated carbocycles. The number of aliphatic hydroxyl groups is 1. The van der Waals surface area contributed by atoms with Gasteiger partial charge < -0.3 is 14.6 Å². The zero-order valence-electron chi connectivity index (χ0n) is 8.52. The predicted octanol–water partition coefficient (Wildman–Crippen LogP) is -0.386. The second-order valence-electron chi connectivity index (χ2n) is 5.01. The maximum absolute atomic E-state index is 11.5. The SMILES string of the molecule is CC12CC(O)C(C)(O1)C1C(=O)OC(=O)C12. The van der Waals surface area contributed by atoms with E-state index in [1.165, 1.54) is 0 Å². The zero-order valence-corrected chi connectivity index (χ0v) is 8.52. The van der Waals surface area contributed by atoms with Crippen LogP contribution in [-0.2, 0) is 19.1 Å². The van der Waals surface area contributed by atoms with Crippen molar-refractivity contribution in [3.05, 3.63) is 0 Å². The summed E-state index contributed by atoms with van der Waals surface area (Å²) in [6.45, 7) is 3.43. The van der Waals surface area contributed by atoms with Gasteiger partial charge in [-0.05, 0) is 13.8 Å². The number of esters is 2. The van der Waals surface area contributed by atoms with Gasteiger partial charge in [-0.15, -0.1) is 0 Å². The Labute approximate surface area is 86.4 Å². The number of carbonyl (C=O) groups excluding carboxylic acids is 2. The van der Waals surface area contributed by atoms with Gasteiger partial charge in [0.2, 0.25) is 0 Å². The summed E-state index contributed by atoms with van der Waals surface area (Å²) in [5.41, 5.74) is -1.70. The van der Waals surface area contributed by atoms with E-state index in [-0.39, 0.29) is 0 Å². The molecule has 0 amide bonds. The Morgan fingerprint density at radius 1 is 1.27 bits per heavy atom. The lowest BCUT2D eigenvalue weighted by Crippen LogP contribution is -2.48. The molecule has 3 saturated heterocycles. The van der Waals surface area contributed by atoms with Gasteiger partial charge in [-0.2, -0.15) is 0 Å². The molecule has 3 rings (SSSR count). The second-order valence-corrected chi connectivity index (χ2v) is 5.01. The summed E-state index contributed by atoms with van der Waals surface area (Å²) in [5, 5.41) is 9.85. The minimum Gasteiger partial charge on any atom is -0.393 e. The van der Waals surface area contributed by atoms with E-state index >= 15 is 0 Å². The van der Waals surface area contributed by atoms with Gasteiger partial charge in [0.15, 0.2) is 0 Å². The van der Waals surface area contributed by atoms with Crippen molar-refractivity contribution < 1.29 is 24.2 Å². The van der Waals surface area contributed by atoms with Crippen molar-refractivity contribution in [3.63, 3.8) is 0 Å². The Bertz CT molecular complexity index is 378. The van der Waals surface area contributed by atoms with Gasteiger partial charge in [-0.1, -0.05) is 0 Å². The summed E-state index contributed by atoms with van der Waals surface area (Å²) >= 11 is 0. The van der Waals surface area contributed by atoms with E-state index in [2.05, 4.69) is 4.74 Å². The third-order valence-electron chi connectivity index (χ3n) is 4.03. The number of rotatable bonds is 0. The lowest BCUT2D eigenvalue weighted by atomic mass is 9.67. The van der Waals surface area contributed by atoms with E-state index < -0.39 is 41.1 Å². The van der Waals surface area contributed by atoms with Crippen molar-refractivity contribution >= 4 is 11.9 Å². The van der Waals surface area contributed by atoms with Crippen LogP contribution in [0.4, 0.5) is 0 Å². The summed E-state index contributed by atoms with van der Waals surface area (Å²) in [5.74, 6) is -2.25. The Balaban J connectivity index is 2.14. The molecule has 3 aliphatic heterocycles. The lowest BCUT2D eigenvalue weighted by Gasteiger charge is -2.30. The van der Waals surface area contributed by atoms with Crippen LogP contribution in [0, 0.1) is 11.8 Å². The molecule has 82 valence electrons. The molecule has 1 N–H and O–H groups in total. The van der Waals surface area contributed by atoms with Crippen molar-refractivity contribution in [2.75, 3.05) is 0 Å². The smallest absolute Gasteiger partial charge is 0.320 e. The minimum atomic E-state index is -0.956. The largest absolute Gasteiger partial charge is 0.393 e. The van der Waals surface area contributed by atoms with Crippen LogP contribution in [0.3, 0.4) is 0 Å². The summed E-state index contributed by atoms with van der Waals surface area (Å²) in [4.78, 5) is 23.0. The number of hydrogen-bond donors (Lipinski definition) is 1. The van der Waals surface area contributed by atoms with Gasteiger partial charge in [-0.3, -0.25) is 9.59 Å². The maximum Gasteiger partial charge on any atom is 0.320 e. The maximum atomic E-state index is 11.5. The quantitative estimate of drug-likeness (QED) is 0.437.